The van der Waals surface area contributed by atoms with Crippen molar-refractivity contribution >= 4 is 15.9 Å². The van der Waals surface area contributed by atoms with Gasteiger partial charge in [0.2, 0.25) is 15.9 Å². The number of carbonyl (C=O) groups is 1. The molecular weight excluding hydrogens is 613 g/mol. The summed E-state index contributed by atoms with van der Waals surface area (Å²) in [4.78, 5) is 15.0. The number of sulfonamides is 1. The number of carbonyl (C=O) groups excluding carboxylic acids is 1. The summed E-state index contributed by atoms with van der Waals surface area (Å²) in [6, 6.07) is 13.0. The molecule has 1 amide bonds. The van der Waals surface area contributed by atoms with Gasteiger partial charge in [-0.2, -0.15) is 13.2 Å². The lowest BCUT2D eigenvalue weighted by molar-refractivity contribution is -0.137. The Balaban J connectivity index is 1.28. The number of likely N-dealkylation sites (tertiary alicyclic amines) is 1. The summed E-state index contributed by atoms with van der Waals surface area (Å²) in [5.74, 6) is -1.03. The van der Waals surface area contributed by atoms with Crippen molar-refractivity contribution in [2.24, 2.45) is 0 Å². The highest BCUT2D eigenvalue weighted by molar-refractivity contribution is 7.89. The molecule has 242 valence electrons. The number of fused-ring (bicyclic) bond motifs is 1. The second-order valence-corrected chi connectivity index (χ2v) is 13.5. The molecule has 2 N–H and O–H groups in total. The molecule has 0 spiro atoms. The summed E-state index contributed by atoms with van der Waals surface area (Å²) < 4.78 is 95.6. The minimum atomic E-state index is -4.74. The Labute approximate surface area is 260 Å². The van der Waals surface area contributed by atoms with Gasteiger partial charge in [0.15, 0.2) is 0 Å². The maximum Gasteiger partial charge on any atom is 0.416 e. The molecule has 5 rings (SSSR count). The first kappa shape index (κ1) is 33.0. The zero-order chi connectivity index (χ0) is 32.2. The van der Waals surface area contributed by atoms with Crippen LogP contribution >= 0.6 is 0 Å². The molecule has 1 aliphatic heterocycles. The topological polar surface area (TPSA) is 78.5 Å². The van der Waals surface area contributed by atoms with Gasteiger partial charge in [-0.25, -0.2) is 21.9 Å². The molecule has 2 atom stereocenters. The highest BCUT2D eigenvalue weighted by atomic mass is 32.2. The molecular formula is C33H36F5N3O3S. The summed E-state index contributed by atoms with van der Waals surface area (Å²) in [5, 5.41) is 3.01. The number of halogens is 5. The molecule has 3 aromatic carbocycles. The van der Waals surface area contributed by atoms with Gasteiger partial charge in [0.1, 0.15) is 12.0 Å². The maximum atomic E-state index is 13.7. The molecule has 0 bridgehead atoms. The van der Waals surface area contributed by atoms with Crippen LogP contribution in [0.5, 0.6) is 0 Å². The van der Waals surface area contributed by atoms with Crippen molar-refractivity contribution in [1.29, 1.82) is 0 Å². The number of hydrogen-bond acceptors (Lipinski definition) is 4. The fourth-order valence-corrected chi connectivity index (χ4v) is 7.31. The molecule has 0 aromatic heterocycles. The third kappa shape index (κ3) is 8.68. The van der Waals surface area contributed by atoms with E-state index in [4.69, 9.17) is 0 Å². The quantitative estimate of drug-likeness (QED) is 0.249. The molecule has 0 radical (unpaired) electrons. The van der Waals surface area contributed by atoms with Gasteiger partial charge in [0.05, 0.1) is 22.5 Å². The van der Waals surface area contributed by atoms with Gasteiger partial charge in [-0.3, -0.25) is 4.79 Å². The molecule has 1 fully saturated rings. The number of alkyl halides is 4. The van der Waals surface area contributed by atoms with E-state index >= 15 is 0 Å². The highest BCUT2D eigenvalue weighted by Crippen LogP contribution is 2.33. The van der Waals surface area contributed by atoms with Gasteiger partial charge in [-0.05, 0) is 91.1 Å². The summed E-state index contributed by atoms with van der Waals surface area (Å²) in [6.45, 7) is 2.37. The van der Waals surface area contributed by atoms with Crippen molar-refractivity contribution in [3.8, 4) is 0 Å². The Morgan fingerprint density at radius 2 is 1.71 bits per heavy atom. The minimum Gasteiger partial charge on any atom is -0.349 e. The fraction of sp³-hybridized carbons (Fsp3) is 0.424. The van der Waals surface area contributed by atoms with Gasteiger partial charge in [0, 0.05) is 26.1 Å². The van der Waals surface area contributed by atoms with E-state index in [1.165, 1.54) is 17.7 Å². The van der Waals surface area contributed by atoms with E-state index in [-0.39, 0.29) is 18.0 Å². The van der Waals surface area contributed by atoms with Crippen LogP contribution in [0.4, 0.5) is 22.0 Å². The second-order valence-electron chi connectivity index (χ2n) is 11.8. The predicted molar refractivity (Wildman–Crippen MR) is 160 cm³/mol. The van der Waals surface area contributed by atoms with E-state index in [1.807, 2.05) is 12.1 Å². The number of nitrogens with one attached hydrogen (secondary N) is 2. The van der Waals surface area contributed by atoms with E-state index in [1.54, 1.807) is 0 Å². The lowest BCUT2D eigenvalue weighted by Crippen LogP contribution is -2.36. The van der Waals surface area contributed by atoms with Crippen LogP contribution in [0.1, 0.15) is 72.0 Å². The molecule has 12 heteroatoms. The number of piperidine rings is 1. The lowest BCUT2D eigenvalue weighted by Gasteiger charge is -2.29. The second kappa shape index (κ2) is 14.0. The van der Waals surface area contributed by atoms with E-state index in [2.05, 4.69) is 21.0 Å². The third-order valence-corrected chi connectivity index (χ3v) is 9.99. The Kier molecular flexibility index (Phi) is 10.2. The summed E-state index contributed by atoms with van der Waals surface area (Å²) in [6.07, 6.45) is -1.44. The Morgan fingerprint density at radius 1 is 0.978 bits per heavy atom. The van der Waals surface area contributed by atoms with Crippen LogP contribution in [0, 0.1) is 5.82 Å². The monoisotopic (exact) mass is 649 g/mol. The van der Waals surface area contributed by atoms with Crippen LogP contribution in [0.15, 0.2) is 71.6 Å². The largest absolute Gasteiger partial charge is 0.416 e. The third-order valence-electron chi connectivity index (χ3n) is 8.52. The van der Waals surface area contributed by atoms with Crippen LogP contribution in [0.25, 0.3) is 0 Å². The molecule has 1 aliphatic carbocycles. The van der Waals surface area contributed by atoms with Gasteiger partial charge in [-0.1, -0.05) is 36.4 Å². The smallest absolute Gasteiger partial charge is 0.349 e. The average Bonchev–Trinajstić information content (AvgIpc) is 3.00. The molecule has 6 nitrogen and oxygen atoms in total. The van der Waals surface area contributed by atoms with Gasteiger partial charge in [0.25, 0.3) is 0 Å². The van der Waals surface area contributed by atoms with Crippen LogP contribution in [0.2, 0.25) is 0 Å². The van der Waals surface area contributed by atoms with Crippen LogP contribution in [-0.2, 0) is 33.8 Å². The molecule has 1 heterocycles. The first-order valence-electron chi connectivity index (χ1n) is 15.1. The van der Waals surface area contributed by atoms with Gasteiger partial charge < -0.3 is 10.2 Å². The van der Waals surface area contributed by atoms with E-state index in [0.717, 1.165) is 80.4 Å². The number of aryl methyl sites for hydroxylation is 1. The van der Waals surface area contributed by atoms with Crippen molar-refractivity contribution in [2.45, 2.75) is 74.3 Å². The van der Waals surface area contributed by atoms with Crippen molar-refractivity contribution in [3.05, 3.63) is 100 Å². The van der Waals surface area contributed by atoms with E-state index < -0.39 is 50.6 Å². The number of nitrogens with zero attached hydrogens (tertiary/aromatic N) is 1. The van der Waals surface area contributed by atoms with Crippen molar-refractivity contribution in [2.75, 3.05) is 19.6 Å². The normalized spacial score (nSPS) is 18.7. The molecule has 0 unspecified atom stereocenters. The van der Waals surface area contributed by atoms with Crippen LogP contribution in [0.3, 0.4) is 0 Å². The fourth-order valence-electron chi connectivity index (χ4n) is 6.04. The average molecular weight is 650 g/mol. The van der Waals surface area contributed by atoms with Crippen molar-refractivity contribution < 1.29 is 35.2 Å². The molecule has 1 saturated heterocycles. The number of benzene rings is 3. The van der Waals surface area contributed by atoms with Gasteiger partial charge in [-0.15, -0.1) is 0 Å². The number of hydrogen-bond donors (Lipinski definition) is 2. The molecule has 45 heavy (non-hydrogen) atoms. The van der Waals surface area contributed by atoms with Crippen molar-refractivity contribution in [3.63, 3.8) is 0 Å². The first-order chi connectivity index (χ1) is 21.4. The Morgan fingerprint density at radius 3 is 2.42 bits per heavy atom. The highest BCUT2D eigenvalue weighted by Gasteiger charge is 2.33. The van der Waals surface area contributed by atoms with Crippen LogP contribution in [-0.4, -0.2) is 45.0 Å². The summed E-state index contributed by atoms with van der Waals surface area (Å²) in [5.41, 5.74) is 2.45. The van der Waals surface area contributed by atoms with Gasteiger partial charge >= 0.3 is 6.18 Å². The number of rotatable bonds is 10. The standard InChI is InChI=1S/C33H36F5N3O3S/c34-26-10-8-23(9-11-26)31(40-45(43,44)28-5-2-4-25(20-28)33(36,37)38)21-32(42)39-30-6-1-3-24-19-22(7-12-29(24)30)13-16-41-17-14-27(35)15-18-41/h2,4-5,7-12,19-20,27,30-31,40H,1,3,6,13-18,21H2,(H,39,42)/t30-,31-/m1/s1. The Bertz CT molecular complexity index is 1590. The molecule has 2 aliphatic rings. The summed E-state index contributed by atoms with van der Waals surface area (Å²) in [7, 11) is -4.49. The molecule has 0 saturated carbocycles. The SMILES string of the molecule is O=C(C[C@@H](NS(=O)(=O)c1cccc(C(F)(F)F)c1)c1ccc(F)cc1)N[C@@H]1CCCc2cc(CCN3CCC(F)CC3)ccc21. The zero-order valence-corrected chi connectivity index (χ0v) is 25.4. The predicted octanol–water partition coefficient (Wildman–Crippen LogP) is 6.42. The minimum absolute atomic E-state index is 0.284. The first-order valence-corrected chi connectivity index (χ1v) is 16.6. The molecule has 3 aromatic rings. The maximum absolute atomic E-state index is 13.7. The Hall–Kier alpha value is -3.35. The zero-order valence-electron chi connectivity index (χ0n) is 24.6. The number of amides is 1. The lowest BCUT2D eigenvalue weighted by atomic mass is 9.86. The van der Waals surface area contributed by atoms with E-state index in [9.17, 15) is 35.2 Å². The van der Waals surface area contributed by atoms with Crippen molar-refractivity contribution in [1.82, 2.24) is 14.9 Å². The summed E-state index contributed by atoms with van der Waals surface area (Å²) >= 11 is 0. The van der Waals surface area contributed by atoms with E-state index in [0.29, 0.717) is 25.3 Å². The van der Waals surface area contributed by atoms with Crippen LogP contribution < -0.4 is 10.0 Å².